The lowest BCUT2D eigenvalue weighted by atomic mass is 10.2. The van der Waals surface area contributed by atoms with Gasteiger partial charge >= 0.3 is 5.97 Å². The van der Waals surface area contributed by atoms with Crippen molar-refractivity contribution in [1.29, 1.82) is 0 Å². The third-order valence-corrected chi connectivity index (χ3v) is 3.84. The van der Waals surface area contributed by atoms with Crippen molar-refractivity contribution >= 4 is 11.8 Å². The molecule has 0 aliphatic heterocycles. The number of carbonyl (C=O) groups excluding carboxylic acids is 1. The predicted molar refractivity (Wildman–Crippen MR) is 73.2 cm³/mol. The van der Waals surface area contributed by atoms with E-state index in [1.54, 1.807) is 12.3 Å². The minimum Gasteiger partial charge on any atom is -0.465 e. The molecule has 0 atom stereocenters. The van der Waals surface area contributed by atoms with Crippen LogP contribution in [0.5, 0.6) is 0 Å². The third-order valence-electron chi connectivity index (χ3n) is 3.84. The minimum atomic E-state index is -0.290. The summed E-state index contributed by atoms with van der Waals surface area (Å²) in [5.41, 5.74) is 0.587. The van der Waals surface area contributed by atoms with E-state index in [1.165, 1.54) is 32.8 Å². The molecular weight excluding hydrogens is 240 g/mol. The molecule has 0 amide bonds. The first-order chi connectivity index (χ1) is 9.26. The predicted octanol–water partition coefficient (Wildman–Crippen LogP) is 2.49. The van der Waals surface area contributed by atoms with Gasteiger partial charge in [-0.3, -0.25) is 0 Å². The Morgan fingerprint density at radius 2 is 1.95 bits per heavy atom. The summed E-state index contributed by atoms with van der Waals surface area (Å²) in [5.74, 6) is 2.27. The summed E-state index contributed by atoms with van der Waals surface area (Å²) >= 11 is 0. The highest BCUT2D eigenvalue weighted by atomic mass is 16.5. The molecule has 4 nitrogen and oxygen atoms in total. The number of hydrogen-bond donors (Lipinski definition) is 0. The van der Waals surface area contributed by atoms with Gasteiger partial charge in [-0.05, 0) is 49.7 Å². The summed E-state index contributed by atoms with van der Waals surface area (Å²) in [6.07, 6.45) is 7.03. The van der Waals surface area contributed by atoms with Gasteiger partial charge in [0.05, 0.1) is 12.7 Å². The fraction of sp³-hybridized carbons (Fsp3) is 0.600. The van der Waals surface area contributed by atoms with Crippen molar-refractivity contribution in [3.63, 3.8) is 0 Å². The highest BCUT2D eigenvalue weighted by Crippen LogP contribution is 2.35. The number of esters is 1. The second kappa shape index (κ2) is 5.19. The smallest absolute Gasteiger partial charge is 0.338 e. The molecule has 1 aromatic rings. The van der Waals surface area contributed by atoms with Gasteiger partial charge in [-0.15, -0.1) is 0 Å². The maximum atomic E-state index is 11.6. The van der Waals surface area contributed by atoms with Crippen LogP contribution in [0.1, 0.15) is 36.0 Å². The summed E-state index contributed by atoms with van der Waals surface area (Å²) in [5, 5.41) is 0. The van der Waals surface area contributed by atoms with E-state index in [2.05, 4.69) is 9.88 Å². The van der Waals surface area contributed by atoms with Crippen LogP contribution in [0.15, 0.2) is 18.3 Å². The average Bonchev–Trinajstić information content (AvgIpc) is 3.32. The topological polar surface area (TPSA) is 42.4 Å². The Labute approximate surface area is 113 Å². The quantitative estimate of drug-likeness (QED) is 0.737. The summed E-state index contributed by atoms with van der Waals surface area (Å²) in [4.78, 5) is 18.4. The first kappa shape index (κ1) is 12.5. The molecule has 19 heavy (non-hydrogen) atoms. The Bertz CT molecular complexity index is 453. The molecule has 0 bridgehead atoms. The molecular formula is C15H20N2O2. The van der Waals surface area contributed by atoms with Crippen molar-refractivity contribution in [3.05, 3.63) is 23.9 Å². The van der Waals surface area contributed by atoms with E-state index in [4.69, 9.17) is 4.74 Å². The van der Waals surface area contributed by atoms with Gasteiger partial charge in [0.2, 0.25) is 0 Å². The van der Waals surface area contributed by atoms with Gasteiger partial charge < -0.3 is 9.64 Å². The van der Waals surface area contributed by atoms with E-state index >= 15 is 0 Å². The van der Waals surface area contributed by atoms with Crippen molar-refractivity contribution in [2.75, 3.05) is 25.1 Å². The number of ether oxygens (including phenoxy) is 1. The molecule has 1 heterocycles. The molecule has 0 N–H and O–H groups in total. The molecule has 2 aliphatic carbocycles. The third kappa shape index (κ3) is 3.25. The molecule has 0 unspecified atom stereocenters. The number of methoxy groups -OCH3 is 1. The number of pyridine rings is 1. The SMILES string of the molecule is COC(=O)c1ccnc(N(CC2CC2)CC2CC2)c1. The van der Waals surface area contributed by atoms with Gasteiger partial charge in [-0.25, -0.2) is 9.78 Å². The van der Waals surface area contributed by atoms with Crippen molar-refractivity contribution in [1.82, 2.24) is 4.98 Å². The Hall–Kier alpha value is -1.58. The molecule has 3 rings (SSSR count). The lowest BCUT2D eigenvalue weighted by Gasteiger charge is -2.24. The summed E-state index contributed by atoms with van der Waals surface area (Å²) in [7, 11) is 1.41. The molecule has 0 radical (unpaired) electrons. The Balaban J connectivity index is 1.76. The molecule has 2 aliphatic rings. The van der Waals surface area contributed by atoms with Crippen LogP contribution in [0.3, 0.4) is 0 Å². The molecule has 0 spiro atoms. The minimum absolute atomic E-state index is 0.290. The van der Waals surface area contributed by atoms with Crippen LogP contribution in [-0.2, 0) is 4.74 Å². The van der Waals surface area contributed by atoms with Crippen molar-refractivity contribution in [2.24, 2.45) is 11.8 Å². The van der Waals surface area contributed by atoms with Crippen molar-refractivity contribution in [3.8, 4) is 0 Å². The number of hydrogen-bond acceptors (Lipinski definition) is 4. The molecule has 1 aromatic heterocycles. The largest absolute Gasteiger partial charge is 0.465 e. The van der Waals surface area contributed by atoms with Crippen LogP contribution in [0.4, 0.5) is 5.82 Å². The number of nitrogens with zero attached hydrogens (tertiary/aromatic N) is 2. The van der Waals surface area contributed by atoms with Gasteiger partial charge in [0.15, 0.2) is 0 Å². The normalized spacial score (nSPS) is 18.2. The maximum Gasteiger partial charge on any atom is 0.338 e. The van der Waals surface area contributed by atoms with Crippen LogP contribution >= 0.6 is 0 Å². The standard InChI is InChI=1S/C15H20N2O2/c1-19-15(18)13-6-7-16-14(8-13)17(9-11-2-3-11)10-12-4-5-12/h6-8,11-12H,2-5,9-10H2,1H3. The van der Waals surface area contributed by atoms with E-state index < -0.39 is 0 Å². The monoisotopic (exact) mass is 260 g/mol. The molecule has 4 heteroatoms. The second-order valence-electron chi connectivity index (χ2n) is 5.69. The number of rotatable bonds is 6. The summed E-state index contributed by atoms with van der Waals surface area (Å²) in [6, 6.07) is 3.57. The van der Waals surface area contributed by atoms with Crippen LogP contribution in [-0.4, -0.2) is 31.2 Å². The van der Waals surface area contributed by atoms with Crippen molar-refractivity contribution in [2.45, 2.75) is 25.7 Å². The molecule has 2 fully saturated rings. The lowest BCUT2D eigenvalue weighted by Crippen LogP contribution is -2.29. The highest BCUT2D eigenvalue weighted by Gasteiger charge is 2.30. The summed E-state index contributed by atoms with van der Waals surface area (Å²) in [6.45, 7) is 2.16. The van der Waals surface area contributed by atoms with Gasteiger partial charge in [0.25, 0.3) is 0 Å². The van der Waals surface area contributed by atoms with E-state index in [0.29, 0.717) is 5.56 Å². The lowest BCUT2D eigenvalue weighted by molar-refractivity contribution is 0.0600. The van der Waals surface area contributed by atoms with Crippen LogP contribution in [0.2, 0.25) is 0 Å². The zero-order valence-electron chi connectivity index (χ0n) is 11.3. The van der Waals surface area contributed by atoms with Crippen LogP contribution in [0.25, 0.3) is 0 Å². The average molecular weight is 260 g/mol. The number of anilines is 1. The molecule has 0 saturated heterocycles. The van der Waals surface area contributed by atoms with Crippen LogP contribution in [0, 0.1) is 11.8 Å². The van der Waals surface area contributed by atoms with E-state index in [-0.39, 0.29) is 5.97 Å². The van der Waals surface area contributed by atoms with Crippen LogP contribution < -0.4 is 4.90 Å². The second-order valence-corrected chi connectivity index (χ2v) is 5.69. The fourth-order valence-corrected chi connectivity index (χ4v) is 2.32. The van der Waals surface area contributed by atoms with Crippen molar-refractivity contribution < 1.29 is 9.53 Å². The zero-order valence-corrected chi connectivity index (χ0v) is 11.3. The fourth-order valence-electron chi connectivity index (χ4n) is 2.32. The first-order valence-electron chi connectivity index (χ1n) is 7.05. The first-order valence-corrected chi connectivity index (χ1v) is 7.05. The Morgan fingerprint density at radius 1 is 1.32 bits per heavy atom. The zero-order chi connectivity index (χ0) is 13.2. The number of carbonyl (C=O) groups is 1. The van der Waals surface area contributed by atoms with E-state index in [9.17, 15) is 4.79 Å². The van der Waals surface area contributed by atoms with E-state index in [0.717, 1.165) is 30.7 Å². The van der Waals surface area contributed by atoms with Gasteiger partial charge in [-0.2, -0.15) is 0 Å². The van der Waals surface area contributed by atoms with Gasteiger partial charge in [-0.1, -0.05) is 0 Å². The summed E-state index contributed by atoms with van der Waals surface area (Å²) < 4.78 is 4.77. The molecule has 102 valence electrons. The molecule has 0 aromatic carbocycles. The Kier molecular flexibility index (Phi) is 3.40. The van der Waals surface area contributed by atoms with E-state index in [1.807, 2.05) is 6.07 Å². The Morgan fingerprint density at radius 3 is 2.47 bits per heavy atom. The highest BCUT2D eigenvalue weighted by molar-refractivity contribution is 5.90. The van der Waals surface area contributed by atoms with Gasteiger partial charge in [0, 0.05) is 19.3 Å². The molecule has 2 saturated carbocycles. The number of aromatic nitrogens is 1. The maximum absolute atomic E-state index is 11.6. The van der Waals surface area contributed by atoms with Gasteiger partial charge in [0.1, 0.15) is 5.82 Å².